The van der Waals surface area contributed by atoms with Crippen molar-refractivity contribution in [3.63, 3.8) is 0 Å². The van der Waals surface area contributed by atoms with Gasteiger partial charge in [0, 0.05) is 36.6 Å². The van der Waals surface area contributed by atoms with Crippen LogP contribution in [0.5, 0.6) is 0 Å². The molecule has 2 aromatic heterocycles. The average Bonchev–Trinajstić information content (AvgIpc) is 2.70. The average molecular weight is 243 g/mol. The predicted molar refractivity (Wildman–Crippen MR) is 69.6 cm³/mol. The molecule has 0 atom stereocenters. The maximum atomic E-state index is 12.1. The third-order valence-electron chi connectivity index (χ3n) is 2.80. The number of hydrogen-bond acceptors (Lipinski definition) is 3. The zero-order valence-electron chi connectivity index (χ0n) is 11.0. The van der Waals surface area contributed by atoms with E-state index in [4.69, 9.17) is 0 Å². The summed E-state index contributed by atoms with van der Waals surface area (Å²) in [5.74, 6) is 0.160. The van der Waals surface area contributed by atoms with E-state index in [0.29, 0.717) is 6.42 Å². The van der Waals surface area contributed by atoms with Gasteiger partial charge in [0.25, 0.3) is 0 Å². The Bertz CT molecular complexity index is 552. The molecule has 2 heterocycles. The Morgan fingerprint density at radius 1 is 1.28 bits per heavy atom. The second-order valence-electron chi connectivity index (χ2n) is 4.58. The lowest BCUT2D eigenvalue weighted by Gasteiger charge is -2.03. The summed E-state index contributed by atoms with van der Waals surface area (Å²) in [6.07, 6.45) is 4.98. The Balaban J connectivity index is 2.03. The second kappa shape index (κ2) is 5.12. The van der Waals surface area contributed by atoms with E-state index in [1.165, 1.54) is 0 Å². The Labute approximate surface area is 107 Å². The summed E-state index contributed by atoms with van der Waals surface area (Å²) in [4.78, 5) is 16.3. The van der Waals surface area contributed by atoms with Crippen LogP contribution in [0.15, 0.2) is 24.5 Å². The number of aromatic nitrogens is 3. The lowest BCUT2D eigenvalue weighted by atomic mass is 10.0. The summed E-state index contributed by atoms with van der Waals surface area (Å²) >= 11 is 0. The van der Waals surface area contributed by atoms with E-state index in [-0.39, 0.29) is 5.78 Å². The topological polar surface area (TPSA) is 47.8 Å². The lowest BCUT2D eigenvalue weighted by molar-refractivity contribution is 0.0982. The van der Waals surface area contributed by atoms with Crippen LogP contribution in [0.1, 0.15) is 33.7 Å². The van der Waals surface area contributed by atoms with Crippen molar-refractivity contribution in [3.8, 4) is 0 Å². The van der Waals surface area contributed by atoms with Crippen LogP contribution in [0, 0.1) is 13.8 Å². The molecule has 0 saturated carbocycles. The highest BCUT2D eigenvalue weighted by atomic mass is 16.1. The van der Waals surface area contributed by atoms with Gasteiger partial charge in [-0.2, -0.15) is 5.10 Å². The van der Waals surface area contributed by atoms with Crippen molar-refractivity contribution in [1.29, 1.82) is 0 Å². The maximum absolute atomic E-state index is 12.1. The molecule has 0 radical (unpaired) electrons. The molecule has 0 amide bonds. The molecule has 0 saturated heterocycles. The Hall–Kier alpha value is -1.97. The molecular formula is C14H17N3O. The molecule has 0 aliphatic carbocycles. The third-order valence-corrected chi connectivity index (χ3v) is 2.80. The van der Waals surface area contributed by atoms with Crippen LogP contribution in [-0.4, -0.2) is 20.5 Å². The molecule has 0 N–H and O–H groups in total. The fourth-order valence-corrected chi connectivity index (χ4v) is 2.00. The van der Waals surface area contributed by atoms with E-state index in [9.17, 15) is 4.79 Å². The van der Waals surface area contributed by atoms with E-state index in [1.54, 1.807) is 10.9 Å². The Kier molecular flexibility index (Phi) is 3.55. The van der Waals surface area contributed by atoms with Crippen LogP contribution < -0.4 is 0 Å². The number of aryl methyl sites for hydroxylation is 4. The van der Waals surface area contributed by atoms with Gasteiger partial charge in [-0.1, -0.05) is 0 Å². The summed E-state index contributed by atoms with van der Waals surface area (Å²) in [6.45, 7) is 3.82. The number of ketones is 1. The van der Waals surface area contributed by atoms with Crippen LogP contribution in [-0.2, 0) is 13.5 Å². The summed E-state index contributed by atoms with van der Waals surface area (Å²) in [5.41, 5.74) is 3.62. The zero-order chi connectivity index (χ0) is 13.1. The Morgan fingerprint density at radius 2 is 1.94 bits per heavy atom. The van der Waals surface area contributed by atoms with Crippen LogP contribution >= 0.6 is 0 Å². The van der Waals surface area contributed by atoms with Gasteiger partial charge in [0.15, 0.2) is 5.78 Å². The van der Waals surface area contributed by atoms with Crippen molar-refractivity contribution in [2.24, 2.45) is 7.05 Å². The number of hydrogen-bond donors (Lipinski definition) is 0. The van der Waals surface area contributed by atoms with Crippen molar-refractivity contribution >= 4 is 5.78 Å². The standard InChI is InChI=1S/C14H17N3O/c1-10-6-13(7-11(2)16-10)14(18)5-4-12-8-15-17(3)9-12/h6-9H,4-5H2,1-3H3. The second-order valence-corrected chi connectivity index (χ2v) is 4.58. The van der Waals surface area contributed by atoms with Crippen molar-refractivity contribution in [1.82, 2.24) is 14.8 Å². The van der Waals surface area contributed by atoms with E-state index in [2.05, 4.69) is 10.1 Å². The monoisotopic (exact) mass is 243 g/mol. The first-order valence-corrected chi connectivity index (χ1v) is 6.00. The fraction of sp³-hybridized carbons (Fsp3) is 0.357. The largest absolute Gasteiger partial charge is 0.294 e. The first-order valence-electron chi connectivity index (χ1n) is 6.00. The van der Waals surface area contributed by atoms with Gasteiger partial charge in [-0.15, -0.1) is 0 Å². The van der Waals surface area contributed by atoms with E-state index >= 15 is 0 Å². The highest BCUT2D eigenvalue weighted by Crippen LogP contribution is 2.10. The Morgan fingerprint density at radius 3 is 2.50 bits per heavy atom. The molecule has 0 aromatic carbocycles. The van der Waals surface area contributed by atoms with Gasteiger partial charge < -0.3 is 0 Å². The minimum atomic E-state index is 0.160. The zero-order valence-corrected chi connectivity index (χ0v) is 11.0. The number of Topliss-reactive ketones (excluding diaryl/α,β-unsaturated/α-hetero) is 1. The van der Waals surface area contributed by atoms with Crippen molar-refractivity contribution in [2.75, 3.05) is 0 Å². The SMILES string of the molecule is Cc1cc(C(=O)CCc2cnn(C)c2)cc(C)n1. The fourth-order valence-electron chi connectivity index (χ4n) is 2.00. The number of carbonyl (C=O) groups excluding carboxylic acids is 1. The van der Waals surface area contributed by atoms with Crippen LogP contribution in [0.3, 0.4) is 0 Å². The minimum absolute atomic E-state index is 0.160. The molecule has 0 bridgehead atoms. The molecule has 0 fully saturated rings. The molecule has 0 aliphatic heterocycles. The molecule has 0 spiro atoms. The van der Waals surface area contributed by atoms with Crippen molar-refractivity contribution < 1.29 is 4.79 Å². The first-order chi connectivity index (χ1) is 8.54. The molecule has 0 aliphatic rings. The summed E-state index contributed by atoms with van der Waals surface area (Å²) in [7, 11) is 1.88. The summed E-state index contributed by atoms with van der Waals surface area (Å²) < 4.78 is 1.75. The quantitative estimate of drug-likeness (QED) is 0.774. The van der Waals surface area contributed by atoms with Gasteiger partial charge in [0.1, 0.15) is 0 Å². The number of rotatable bonds is 4. The van der Waals surface area contributed by atoms with E-state index < -0.39 is 0 Å². The van der Waals surface area contributed by atoms with Gasteiger partial charge in [0.2, 0.25) is 0 Å². The maximum Gasteiger partial charge on any atom is 0.163 e. The van der Waals surface area contributed by atoms with Crippen molar-refractivity contribution in [2.45, 2.75) is 26.7 Å². The number of nitrogens with zero attached hydrogens (tertiary/aromatic N) is 3. The number of pyridine rings is 1. The summed E-state index contributed by atoms with van der Waals surface area (Å²) in [5, 5.41) is 4.09. The molecule has 4 heteroatoms. The van der Waals surface area contributed by atoms with Gasteiger partial charge in [0.05, 0.1) is 6.20 Å². The van der Waals surface area contributed by atoms with Crippen LogP contribution in [0.4, 0.5) is 0 Å². The first kappa shape index (κ1) is 12.5. The van der Waals surface area contributed by atoms with Gasteiger partial charge in [-0.3, -0.25) is 14.5 Å². The van der Waals surface area contributed by atoms with E-state index in [1.807, 2.05) is 39.2 Å². The van der Waals surface area contributed by atoms with Gasteiger partial charge >= 0.3 is 0 Å². The predicted octanol–water partition coefficient (Wildman–Crippen LogP) is 2.25. The minimum Gasteiger partial charge on any atom is -0.294 e. The summed E-state index contributed by atoms with van der Waals surface area (Å²) in [6, 6.07) is 3.69. The normalized spacial score (nSPS) is 10.6. The molecule has 0 unspecified atom stereocenters. The molecular weight excluding hydrogens is 226 g/mol. The number of carbonyl (C=O) groups is 1. The molecule has 2 aromatic rings. The van der Waals surface area contributed by atoms with Gasteiger partial charge in [-0.25, -0.2) is 0 Å². The van der Waals surface area contributed by atoms with Crippen LogP contribution in [0.2, 0.25) is 0 Å². The molecule has 4 nitrogen and oxygen atoms in total. The third kappa shape index (κ3) is 3.03. The van der Waals surface area contributed by atoms with Crippen LogP contribution in [0.25, 0.3) is 0 Å². The lowest BCUT2D eigenvalue weighted by Crippen LogP contribution is -2.03. The molecule has 2 rings (SSSR count). The molecule has 18 heavy (non-hydrogen) atoms. The smallest absolute Gasteiger partial charge is 0.163 e. The highest BCUT2D eigenvalue weighted by Gasteiger charge is 2.08. The van der Waals surface area contributed by atoms with Crippen molar-refractivity contribution in [3.05, 3.63) is 47.0 Å². The van der Waals surface area contributed by atoms with E-state index in [0.717, 1.165) is 28.9 Å². The highest BCUT2D eigenvalue weighted by molar-refractivity contribution is 5.96. The van der Waals surface area contributed by atoms with Gasteiger partial charge in [-0.05, 0) is 38.0 Å². The molecule has 94 valence electrons.